The number of para-hydroxylation sites is 1. The smallest absolute Gasteiger partial charge is 0.195 e. The second kappa shape index (κ2) is 4.49. The van der Waals surface area contributed by atoms with Crippen LogP contribution in [0.1, 0.15) is 18.9 Å². The number of aromatic nitrogens is 3. The molecule has 0 aliphatic heterocycles. The van der Waals surface area contributed by atoms with Crippen molar-refractivity contribution in [1.29, 1.82) is 0 Å². The van der Waals surface area contributed by atoms with Crippen molar-refractivity contribution >= 4 is 12.2 Å². The lowest BCUT2D eigenvalue weighted by Crippen LogP contribution is -2.09. The van der Waals surface area contributed by atoms with Crippen molar-refractivity contribution in [2.45, 2.75) is 13.0 Å². The minimum atomic E-state index is -0.139. The second-order valence-electron chi connectivity index (χ2n) is 3.52. The quantitative estimate of drug-likeness (QED) is 0.832. The summed E-state index contributed by atoms with van der Waals surface area (Å²) >= 11 is 5.05. The predicted octanol–water partition coefficient (Wildman–Crippen LogP) is 2.62. The maximum atomic E-state index is 5.74. The van der Waals surface area contributed by atoms with Gasteiger partial charge >= 0.3 is 0 Å². The van der Waals surface area contributed by atoms with Gasteiger partial charge in [0.15, 0.2) is 16.7 Å². The fourth-order valence-electron chi connectivity index (χ4n) is 1.48. The highest BCUT2D eigenvalue weighted by atomic mass is 32.1. The van der Waals surface area contributed by atoms with Crippen molar-refractivity contribution in [3.8, 4) is 5.75 Å². The van der Waals surface area contributed by atoms with Crippen LogP contribution >= 0.6 is 12.2 Å². The third-order valence-corrected chi connectivity index (χ3v) is 2.70. The van der Waals surface area contributed by atoms with E-state index in [2.05, 4.69) is 10.2 Å². The average Bonchev–Trinajstić information content (AvgIpc) is 2.61. The van der Waals surface area contributed by atoms with Gasteiger partial charge in [0.1, 0.15) is 5.75 Å². The van der Waals surface area contributed by atoms with Gasteiger partial charge in [0, 0.05) is 7.05 Å². The Bertz CT molecular complexity index is 518. The van der Waals surface area contributed by atoms with E-state index in [1.807, 2.05) is 48.9 Å². The van der Waals surface area contributed by atoms with Gasteiger partial charge < -0.3 is 9.30 Å². The number of aromatic amines is 1. The van der Waals surface area contributed by atoms with Crippen molar-refractivity contribution < 1.29 is 4.74 Å². The van der Waals surface area contributed by atoms with Gasteiger partial charge in [0.25, 0.3) is 0 Å². The Morgan fingerprint density at radius 3 is 2.62 bits per heavy atom. The normalized spacial score (nSPS) is 12.4. The molecule has 0 aliphatic rings. The SMILES string of the molecule is CC(Oc1ccccc1)c1n[nH]c(=S)n1C. The van der Waals surface area contributed by atoms with Crippen LogP contribution in [-0.4, -0.2) is 14.8 Å². The van der Waals surface area contributed by atoms with E-state index < -0.39 is 0 Å². The molecule has 2 rings (SSSR count). The summed E-state index contributed by atoms with van der Waals surface area (Å²) in [5, 5.41) is 6.87. The summed E-state index contributed by atoms with van der Waals surface area (Å²) in [6.45, 7) is 1.94. The second-order valence-corrected chi connectivity index (χ2v) is 3.91. The maximum absolute atomic E-state index is 5.74. The van der Waals surface area contributed by atoms with Crippen LogP contribution in [0.2, 0.25) is 0 Å². The molecular weight excluding hydrogens is 222 g/mol. The molecule has 1 heterocycles. The number of hydrogen-bond donors (Lipinski definition) is 1. The first-order chi connectivity index (χ1) is 7.68. The van der Waals surface area contributed by atoms with Crippen molar-refractivity contribution in [3.05, 3.63) is 40.9 Å². The molecule has 1 aromatic heterocycles. The number of hydrogen-bond acceptors (Lipinski definition) is 3. The summed E-state index contributed by atoms with van der Waals surface area (Å²) in [6.07, 6.45) is -0.139. The Hall–Kier alpha value is -1.62. The van der Waals surface area contributed by atoms with Gasteiger partial charge in [-0.3, -0.25) is 5.10 Å². The van der Waals surface area contributed by atoms with E-state index in [9.17, 15) is 0 Å². The fourth-order valence-corrected chi connectivity index (χ4v) is 1.62. The lowest BCUT2D eigenvalue weighted by Gasteiger charge is -2.13. The van der Waals surface area contributed by atoms with Crippen molar-refractivity contribution in [3.63, 3.8) is 0 Å². The molecule has 0 bridgehead atoms. The number of nitrogens with zero attached hydrogens (tertiary/aromatic N) is 2. The van der Waals surface area contributed by atoms with Crippen LogP contribution in [0.4, 0.5) is 0 Å². The highest BCUT2D eigenvalue weighted by molar-refractivity contribution is 7.71. The van der Waals surface area contributed by atoms with Crippen molar-refractivity contribution in [1.82, 2.24) is 14.8 Å². The van der Waals surface area contributed by atoms with Gasteiger partial charge in [-0.25, -0.2) is 0 Å². The third kappa shape index (κ3) is 2.14. The molecular formula is C11H13N3OS. The molecule has 2 aromatic rings. The Morgan fingerprint density at radius 1 is 1.38 bits per heavy atom. The van der Waals surface area contributed by atoms with E-state index in [-0.39, 0.29) is 6.10 Å². The summed E-state index contributed by atoms with van der Waals surface area (Å²) in [5.74, 6) is 1.61. The number of H-pyrrole nitrogens is 1. The summed E-state index contributed by atoms with van der Waals surface area (Å²) in [7, 11) is 1.87. The number of rotatable bonds is 3. The highest BCUT2D eigenvalue weighted by Gasteiger charge is 2.13. The molecule has 1 N–H and O–H groups in total. The number of nitrogens with one attached hydrogen (secondary N) is 1. The number of ether oxygens (including phenoxy) is 1. The third-order valence-electron chi connectivity index (χ3n) is 2.33. The Balaban J connectivity index is 2.18. The molecule has 0 amide bonds. The minimum absolute atomic E-state index is 0.139. The molecule has 0 saturated heterocycles. The highest BCUT2D eigenvalue weighted by Crippen LogP contribution is 2.19. The summed E-state index contributed by atoms with van der Waals surface area (Å²) in [5.41, 5.74) is 0. The topological polar surface area (TPSA) is 42.8 Å². The monoisotopic (exact) mass is 235 g/mol. The van der Waals surface area contributed by atoms with Crippen LogP contribution < -0.4 is 4.74 Å². The van der Waals surface area contributed by atoms with E-state index in [1.165, 1.54) is 0 Å². The molecule has 0 radical (unpaired) electrons. The van der Waals surface area contributed by atoms with E-state index in [0.29, 0.717) is 4.77 Å². The Labute approximate surface area is 98.9 Å². The van der Waals surface area contributed by atoms with Crippen LogP contribution in [0.3, 0.4) is 0 Å². The number of benzene rings is 1. The van der Waals surface area contributed by atoms with Crippen LogP contribution in [0, 0.1) is 4.77 Å². The van der Waals surface area contributed by atoms with Gasteiger partial charge in [-0.1, -0.05) is 18.2 Å². The van der Waals surface area contributed by atoms with E-state index in [0.717, 1.165) is 11.6 Å². The molecule has 16 heavy (non-hydrogen) atoms. The minimum Gasteiger partial charge on any atom is -0.483 e. The molecule has 5 heteroatoms. The van der Waals surface area contributed by atoms with E-state index in [4.69, 9.17) is 17.0 Å². The summed E-state index contributed by atoms with van der Waals surface area (Å²) in [6, 6.07) is 9.65. The lowest BCUT2D eigenvalue weighted by molar-refractivity contribution is 0.212. The van der Waals surface area contributed by atoms with Gasteiger partial charge in [-0.15, -0.1) is 0 Å². The first-order valence-electron chi connectivity index (χ1n) is 5.01. The largest absolute Gasteiger partial charge is 0.483 e. The molecule has 84 valence electrons. The Morgan fingerprint density at radius 2 is 2.06 bits per heavy atom. The molecule has 0 aliphatic carbocycles. The first kappa shape index (κ1) is 10.9. The van der Waals surface area contributed by atoms with Crippen LogP contribution in [0.15, 0.2) is 30.3 Å². The van der Waals surface area contributed by atoms with Gasteiger partial charge in [-0.05, 0) is 31.3 Å². The standard InChI is InChI=1S/C11H13N3OS/c1-8(10-12-13-11(16)14(10)2)15-9-6-4-3-5-7-9/h3-8H,1-2H3,(H,13,16). The van der Waals surface area contributed by atoms with E-state index in [1.54, 1.807) is 0 Å². The summed E-state index contributed by atoms with van der Waals surface area (Å²) < 4.78 is 8.15. The zero-order valence-electron chi connectivity index (χ0n) is 9.18. The molecule has 1 aromatic carbocycles. The molecule has 0 fully saturated rings. The van der Waals surface area contributed by atoms with E-state index >= 15 is 0 Å². The molecule has 1 atom stereocenters. The fraction of sp³-hybridized carbons (Fsp3) is 0.273. The van der Waals surface area contributed by atoms with Crippen LogP contribution in [0.5, 0.6) is 5.75 Å². The first-order valence-corrected chi connectivity index (χ1v) is 5.42. The van der Waals surface area contributed by atoms with Crippen LogP contribution in [-0.2, 0) is 7.05 Å². The molecule has 0 saturated carbocycles. The zero-order valence-corrected chi connectivity index (χ0v) is 9.99. The summed E-state index contributed by atoms with van der Waals surface area (Å²) in [4.78, 5) is 0. The van der Waals surface area contributed by atoms with Crippen molar-refractivity contribution in [2.75, 3.05) is 0 Å². The van der Waals surface area contributed by atoms with Gasteiger partial charge in [0.2, 0.25) is 0 Å². The molecule has 0 spiro atoms. The molecule has 4 nitrogen and oxygen atoms in total. The Kier molecular flexibility index (Phi) is 3.05. The van der Waals surface area contributed by atoms with Gasteiger partial charge in [-0.2, -0.15) is 5.10 Å². The molecule has 1 unspecified atom stereocenters. The van der Waals surface area contributed by atoms with Crippen molar-refractivity contribution in [2.24, 2.45) is 7.05 Å². The van der Waals surface area contributed by atoms with Crippen LogP contribution in [0.25, 0.3) is 0 Å². The lowest BCUT2D eigenvalue weighted by atomic mass is 10.3. The van der Waals surface area contributed by atoms with Gasteiger partial charge in [0.05, 0.1) is 0 Å². The predicted molar refractivity (Wildman–Crippen MR) is 63.9 cm³/mol. The average molecular weight is 235 g/mol. The zero-order chi connectivity index (χ0) is 11.5. The maximum Gasteiger partial charge on any atom is 0.195 e.